The van der Waals surface area contributed by atoms with Gasteiger partial charge in [0.2, 0.25) is 70.9 Å². The Kier molecular flexibility index (Phi) is 37.4. The Morgan fingerprint density at radius 2 is 0.949 bits per heavy atom. The lowest BCUT2D eigenvalue weighted by molar-refractivity contribution is -0.148. The van der Waals surface area contributed by atoms with Gasteiger partial charge in [0.1, 0.15) is 78.3 Å². The van der Waals surface area contributed by atoms with E-state index in [2.05, 4.69) is 101 Å². The quantitative estimate of drug-likeness (QED) is 0.0125. The van der Waals surface area contributed by atoms with Gasteiger partial charge in [0.15, 0.2) is 11.9 Å². The first-order chi connectivity index (χ1) is 46.6. The number of nitrogens with two attached hydrogens (primary N) is 6. The molecule has 2 fully saturated rings. The van der Waals surface area contributed by atoms with Crippen LogP contribution in [0.2, 0.25) is 0 Å². The highest BCUT2D eigenvalue weighted by molar-refractivity contribution is 7.80. The second-order valence-electron chi connectivity index (χ2n) is 22.8. The van der Waals surface area contributed by atoms with Gasteiger partial charge < -0.3 is 123 Å². The number of aliphatic imine (C=N–C) groups is 2. The fourth-order valence-electron chi connectivity index (χ4n) is 10.1. The maximum atomic E-state index is 14.6. The number of benzene rings is 1. The predicted octanol–water partition coefficient (Wildman–Crippen LogP) is -10.2. The number of nitrogens with one attached hydrogen (secondary N) is 10. The number of rotatable bonds is 43. The number of phenolic OH excluding ortho intramolecular Hbond substituents is 1. The molecule has 0 aliphatic carbocycles. The summed E-state index contributed by atoms with van der Waals surface area (Å²) in [5, 5.41) is 73.3. The summed E-state index contributed by atoms with van der Waals surface area (Å²) in [5.74, 6) is -14.0. The molecular formula is C57H94N20O18S3. The summed E-state index contributed by atoms with van der Waals surface area (Å²) < 4.78 is 0. The lowest BCUT2D eigenvalue weighted by Crippen LogP contribution is -2.61. The number of hydrogen-bond acceptors (Lipinski definition) is 24. The van der Waals surface area contributed by atoms with E-state index in [0.29, 0.717) is 31.4 Å². The van der Waals surface area contributed by atoms with Crippen LogP contribution >= 0.6 is 37.9 Å². The Hall–Kier alpha value is -8.48. The molecule has 2 saturated heterocycles. The SMILES string of the molecule is NCCCC[C@H](NC(=O)[C@H](CS)NC(=O)[C@H](Cc1ccc(O)cc1)NC(=O)[C@H](CO)NC(=O)[C@@H]1CCCN1C(=O)[C@@H]1CCCN1C(=O)[C@H](CS)NC(=O)[C@H](CCCN=C(N)N)NC(=O)[C@H](CCCN=C(N)N)NC(=O)CNC(=O)[C@H](CO)NC(=O)[C@H](CS)NC(=O)[C@@H](N)CO)C(=O)O. The zero-order valence-corrected chi connectivity index (χ0v) is 56.5. The Bertz CT molecular complexity index is 2950. The number of aliphatic hydroxyl groups excluding tert-OH is 3. The monoisotopic (exact) mass is 1440 g/mol. The summed E-state index contributed by atoms with van der Waals surface area (Å²) in [6.45, 7) is -3.32. The third-order valence-corrected chi connectivity index (χ3v) is 16.5. The summed E-state index contributed by atoms with van der Waals surface area (Å²) in [5.41, 5.74) is 33.4. The summed E-state index contributed by atoms with van der Waals surface area (Å²) in [6.07, 6.45) is 1.22. The van der Waals surface area contributed by atoms with E-state index in [1.165, 1.54) is 34.1 Å². The van der Waals surface area contributed by atoms with Crippen LogP contribution in [0.1, 0.15) is 76.2 Å². The highest BCUT2D eigenvalue weighted by Crippen LogP contribution is 2.26. The number of hydrogen-bond donors (Lipinski definition) is 24. The van der Waals surface area contributed by atoms with E-state index in [9.17, 15) is 87.9 Å². The molecule has 12 amide bonds. The molecule has 548 valence electrons. The summed E-state index contributed by atoms with van der Waals surface area (Å²) >= 11 is 12.5. The topological polar surface area (TPSA) is 631 Å². The van der Waals surface area contributed by atoms with Gasteiger partial charge in [-0.25, -0.2) is 4.79 Å². The summed E-state index contributed by atoms with van der Waals surface area (Å²) in [4.78, 5) is 187. The molecule has 41 heteroatoms. The molecule has 38 nitrogen and oxygen atoms in total. The normalized spacial score (nSPS) is 17.2. The zero-order chi connectivity index (χ0) is 73.2. The number of aromatic hydroxyl groups is 1. The summed E-state index contributed by atoms with van der Waals surface area (Å²) in [7, 11) is 0. The second-order valence-corrected chi connectivity index (χ2v) is 23.9. The number of likely N-dealkylation sites (tertiary alicyclic amines) is 2. The van der Waals surface area contributed by atoms with Crippen molar-refractivity contribution in [1.82, 2.24) is 63.0 Å². The highest BCUT2D eigenvalue weighted by atomic mass is 32.1. The fourth-order valence-corrected chi connectivity index (χ4v) is 10.9. The van der Waals surface area contributed by atoms with Crippen molar-refractivity contribution in [1.29, 1.82) is 0 Å². The van der Waals surface area contributed by atoms with Gasteiger partial charge in [-0.3, -0.25) is 67.5 Å². The number of carbonyl (C=O) groups is 13. The number of guanidine groups is 2. The van der Waals surface area contributed by atoms with Gasteiger partial charge >= 0.3 is 5.97 Å². The van der Waals surface area contributed by atoms with Crippen LogP contribution in [-0.4, -0.2) is 273 Å². The number of aliphatic hydroxyl groups is 3. The van der Waals surface area contributed by atoms with Crippen LogP contribution < -0.4 is 87.6 Å². The van der Waals surface area contributed by atoms with Gasteiger partial charge in [-0.1, -0.05) is 12.1 Å². The minimum Gasteiger partial charge on any atom is -0.508 e. The molecule has 0 saturated carbocycles. The average molecular weight is 1440 g/mol. The number of unbranched alkanes of at least 4 members (excludes halogenated alkanes) is 1. The number of nitrogens with zero attached hydrogens (tertiary/aromatic N) is 4. The van der Waals surface area contributed by atoms with Gasteiger partial charge in [-0.15, -0.1) is 0 Å². The molecule has 1 aromatic carbocycles. The lowest BCUT2D eigenvalue weighted by Gasteiger charge is -2.33. The van der Waals surface area contributed by atoms with Crippen LogP contribution in [0.5, 0.6) is 5.75 Å². The largest absolute Gasteiger partial charge is 0.508 e. The maximum Gasteiger partial charge on any atom is 0.326 e. The minimum absolute atomic E-state index is 0.0107. The molecule has 0 unspecified atom stereocenters. The van der Waals surface area contributed by atoms with E-state index in [-0.39, 0.29) is 119 Å². The van der Waals surface area contributed by atoms with E-state index in [0.717, 1.165) is 0 Å². The summed E-state index contributed by atoms with van der Waals surface area (Å²) in [6, 6.07) is -11.7. The van der Waals surface area contributed by atoms with Crippen LogP contribution in [0.15, 0.2) is 34.3 Å². The van der Waals surface area contributed by atoms with Crippen molar-refractivity contribution in [2.24, 2.45) is 44.4 Å². The van der Waals surface area contributed by atoms with Crippen LogP contribution in [0, 0.1) is 0 Å². The first-order valence-electron chi connectivity index (χ1n) is 31.4. The number of thiol groups is 3. The predicted molar refractivity (Wildman–Crippen MR) is 363 cm³/mol. The molecule has 2 aliphatic rings. The number of aliphatic carboxylic acids is 1. The number of phenols is 1. The molecule has 0 aromatic heterocycles. The van der Waals surface area contributed by atoms with E-state index < -0.39 is 176 Å². The molecule has 3 rings (SSSR count). The van der Waals surface area contributed by atoms with Crippen molar-refractivity contribution in [3.05, 3.63) is 29.8 Å². The van der Waals surface area contributed by atoms with E-state index >= 15 is 0 Å². The second kappa shape index (κ2) is 43.7. The first-order valence-corrected chi connectivity index (χ1v) is 33.3. The maximum absolute atomic E-state index is 14.6. The standard InChI is InChI=1S/C57H94N20O18S3/c58-16-2-1-7-34(55(94)95)69-50(89)39(27-97)74-48(87)35(21-29-12-14-30(81)15-13-29)70-49(88)37(25-80)72-52(91)41-10-5-19-76(41)54(93)42-11-6-20-77(42)53(92)40(28-98)75-47(86)33(9-4-18-65-57(62)63)68-46(85)32(8-3-17-64-56(60)61)67-43(82)22-66-45(84)36(24-79)71-51(90)38(26-96)73-44(83)31(59)23-78/h12-15,31-42,78-81,96-98H,1-11,16-28,58-59H2,(H,66,84)(H,67,82)(H,68,85)(H,69,89)(H,70,88)(H,71,90)(H,72,91)(H,73,83)(H,74,87)(H,75,86)(H,94,95)(H4,60,61,64)(H4,62,63,65)/t31-,32-,33-,34-,35-,36-,37-,38-,39-,40-,41-,42-/m0/s1. The molecule has 2 heterocycles. The number of carboxylic acid groups (broad SMARTS) is 1. The van der Waals surface area contributed by atoms with Crippen molar-refractivity contribution >= 4 is 127 Å². The highest BCUT2D eigenvalue weighted by Gasteiger charge is 2.45. The Morgan fingerprint density at radius 3 is 1.47 bits per heavy atom. The molecule has 0 bridgehead atoms. The molecule has 12 atom stereocenters. The molecule has 2 aliphatic heterocycles. The van der Waals surface area contributed by atoms with Crippen molar-refractivity contribution in [2.75, 3.05) is 76.3 Å². The number of carbonyl (C=O) groups excluding carboxylic acids is 12. The number of amides is 12. The molecule has 98 heavy (non-hydrogen) atoms. The Morgan fingerprint density at radius 1 is 0.510 bits per heavy atom. The smallest absolute Gasteiger partial charge is 0.326 e. The van der Waals surface area contributed by atoms with Crippen molar-refractivity contribution in [3.63, 3.8) is 0 Å². The van der Waals surface area contributed by atoms with Crippen molar-refractivity contribution in [2.45, 2.75) is 150 Å². The Labute approximate surface area is 580 Å². The molecule has 0 radical (unpaired) electrons. The van der Waals surface area contributed by atoms with E-state index in [1.807, 2.05) is 0 Å². The van der Waals surface area contributed by atoms with E-state index in [1.54, 1.807) is 0 Å². The fraction of sp³-hybridized carbons (Fsp3) is 0.632. The average Bonchev–Trinajstić information content (AvgIpc) is 1.62. The molecule has 1 aromatic rings. The van der Waals surface area contributed by atoms with E-state index in [4.69, 9.17) is 34.4 Å². The third-order valence-electron chi connectivity index (χ3n) is 15.4. The Balaban J connectivity index is 1.80. The van der Waals surface area contributed by atoms with Gasteiger partial charge in [0, 0.05) is 49.9 Å². The van der Waals surface area contributed by atoms with Crippen LogP contribution in [0.3, 0.4) is 0 Å². The molecule has 27 N–H and O–H groups in total. The van der Waals surface area contributed by atoms with Crippen molar-refractivity contribution < 1.29 is 87.9 Å². The van der Waals surface area contributed by atoms with Crippen molar-refractivity contribution in [3.8, 4) is 5.75 Å². The molecule has 0 spiro atoms. The van der Waals surface area contributed by atoms with Gasteiger partial charge in [0.05, 0.1) is 26.4 Å². The van der Waals surface area contributed by atoms with Gasteiger partial charge in [-0.2, -0.15) is 37.9 Å². The van der Waals surface area contributed by atoms with Gasteiger partial charge in [0.25, 0.3) is 0 Å². The van der Waals surface area contributed by atoms with Crippen LogP contribution in [-0.2, 0) is 68.7 Å². The number of carboxylic acids is 1. The zero-order valence-electron chi connectivity index (χ0n) is 53.8. The molecular weight excluding hydrogens is 1350 g/mol. The lowest BCUT2D eigenvalue weighted by atomic mass is 10.0. The third kappa shape index (κ3) is 27.8. The van der Waals surface area contributed by atoms with Crippen LogP contribution in [0.4, 0.5) is 0 Å². The minimum atomic E-state index is -1.73. The van der Waals surface area contributed by atoms with Crippen LogP contribution in [0.25, 0.3) is 0 Å². The van der Waals surface area contributed by atoms with Gasteiger partial charge in [-0.05, 0) is 94.9 Å². The first kappa shape index (κ1) is 83.7.